The zero-order valence-electron chi connectivity index (χ0n) is 14.7. The number of nitriles is 1. The predicted molar refractivity (Wildman–Crippen MR) is 97.4 cm³/mol. The molecule has 25 heavy (non-hydrogen) atoms. The second-order valence-corrected chi connectivity index (χ2v) is 6.86. The van der Waals surface area contributed by atoms with Gasteiger partial charge in [0, 0.05) is 35.2 Å². The minimum atomic E-state index is -0.426. The fourth-order valence-electron chi connectivity index (χ4n) is 3.85. The molecule has 0 radical (unpaired) electrons. The fraction of sp³-hybridized carbons (Fsp3) is 0.500. The van der Waals surface area contributed by atoms with Gasteiger partial charge in [-0.05, 0) is 32.4 Å². The van der Waals surface area contributed by atoms with Gasteiger partial charge in [0.2, 0.25) is 0 Å². The number of rotatable bonds is 6. The molecule has 1 aromatic carbocycles. The molecule has 0 spiro atoms. The highest BCUT2D eigenvalue weighted by Crippen LogP contribution is 2.24. The topological polar surface area (TPSA) is 69.3 Å². The van der Waals surface area contributed by atoms with Crippen molar-refractivity contribution >= 4 is 16.7 Å². The normalized spacial score (nSPS) is 19.6. The molecule has 1 fully saturated rings. The molecule has 2 aromatic rings. The lowest BCUT2D eigenvalue weighted by Crippen LogP contribution is -2.47. The summed E-state index contributed by atoms with van der Waals surface area (Å²) >= 11 is 0. The lowest BCUT2D eigenvalue weighted by molar-refractivity contribution is 0.0358. The van der Waals surface area contributed by atoms with Gasteiger partial charge < -0.3 is 9.67 Å². The molecule has 2 heterocycles. The van der Waals surface area contributed by atoms with Crippen molar-refractivity contribution in [2.24, 2.45) is 0 Å². The van der Waals surface area contributed by atoms with Crippen LogP contribution < -0.4 is 0 Å². The first-order valence-electron chi connectivity index (χ1n) is 9.02. The second-order valence-electron chi connectivity index (χ2n) is 6.86. The highest BCUT2D eigenvalue weighted by atomic mass is 16.3. The van der Waals surface area contributed by atoms with Gasteiger partial charge >= 0.3 is 0 Å². The Bertz CT molecular complexity index is 788. The van der Waals surface area contributed by atoms with E-state index in [2.05, 4.69) is 11.0 Å². The third-order valence-electron chi connectivity index (χ3n) is 5.12. The van der Waals surface area contributed by atoms with Crippen molar-refractivity contribution in [3.8, 4) is 6.07 Å². The number of aliphatic hydroxyl groups is 1. The number of aromatic nitrogens is 1. The summed E-state index contributed by atoms with van der Waals surface area (Å²) in [6.07, 6.45) is 4.99. The van der Waals surface area contributed by atoms with Gasteiger partial charge in [0.05, 0.1) is 25.1 Å². The highest BCUT2D eigenvalue weighted by molar-refractivity contribution is 6.09. The van der Waals surface area contributed by atoms with E-state index >= 15 is 0 Å². The minimum Gasteiger partial charge on any atom is -0.392 e. The van der Waals surface area contributed by atoms with Crippen LogP contribution in [0.15, 0.2) is 30.5 Å². The Labute approximate surface area is 148 Å². The monoisotopic (exact) mass is 339 g/mol. The summed E-state index contributed by atoms with van der Waals surface area (Å²) in [7, 11) is 0. The van der Waals surface area contributed by atoms with Crippen molar-refractivity contribution in [3.63, 3.8) is 0 Å². The summed E-state index contributed by atoms with van der Waals surface area (Å²) in [5.74, 6) is 0.0828. The van der Waals surface area contributed by atoms with Crippen LogP contribution in [0.25, 0.3) is 10.9 Å². The van der Waals surface area contributed by atoms with E-state index in [-0.39, 0.29) is 11.8 Å². The number of benzene rings is 1. The maximum Gasteiger partial charge on any atom is 0.178 e. The summed E-state index contributed by atoms with van der Waals surface area (Å²) in [6, 6.07) is 10.1. The molecule has 0 saturated carbocycles. The first-order valence-corrected chi connectivity index (χ1v) is 9.02. The van der Waals surface area contributed by atoms with E-state index in [4.69, 9.17) is 5.26 Å². The molecular weight excluding hydrogens is 314 g/mol. The summed E-state index contributed by atoms with van der Waals surface area (Å²) in [5.41, 5.74) is 1.70. The lowest BCUT2D eigenvalue weighted by Gasteiger charge is -2.36. The van der Waals surface area contributed by atoms with Crippen molar-refractivity contribution in [1.82, 2.24) is 9.47 Å². The number of aliphatic hydroxyl groups excluding tert-OH is 1. The largest absolute Gasteiger partial charge is 0.392 e. The fourth-order valence-corrected chi connectivity index (χ4v) is 3.85. The highest BCUT2D eigenvalue weighted by Gasteiger charge is 2.28. The van der Waals surface area contributed by atoms with E-state index in [9.17, 15) is 9.90 Å². The molecule has 0 bridgehead atoms. The van der Waals surface area contributed by atoms with Gasteiger partial charge in [-0.15, -0.1) is 0 Å². The van der Waals surface area contributed by atoms with Crippen LogP contribution in [-0.4, -0.2) is 45.6 Å². The number of piperidine rings is 1. The second kappa shape index (κ2) is 7.81. The van der Waals surface area contributed by atoms with Gasteiger partial charge in [0.15, 0.2) is 5.78 Å². The zero-order valence-corrected chi connectivity index (χ0v) is 14.7. The number of Topliss-reactive ketones (excluding diaryl/α,β-unsaturated/α-hetero) is 1. The number of ketones is 1. The first kappa shape index (κ1) is 17.7. The van der Waals surface area contributed by atoms with Gasteiger partial charge in [-0.25, -0.2) is 0 Å². The Hall–Kier alpha value is -2.16. The summed E-state index contributed by atoms with van der Waals surface area (Å²) in [5, 5.41) is 19.8. The average molecular weight is 339 g/mol. The smallest absolute Gasteiger partial charge is 0.178 e. The molecule has 132 valence electrons. The summed E-state index contributed by atoms with van der Waals surface area (Å²) < 4.78 is 1.99. The lowest BCUT2D eigenvalue weighted by atomic mass is 9.97. The van der Waals surface area contributed by atoms with E-state index in [0.29, 0.717) is 25.1 Å². The molecule has 5 heteroatoms. The van der Waals surface area contributed by atoms with Gasteiger partial charge in [-0.2, -0.15) is 5.26 Å². The van der Waals surface area contributed by atoms with Crippen LogP contribution in [0.2, 0.25) is 0 Å². The molecule has 5 nitrogen and oxygen atoms in total. The Balaban J connectivity index is 1.85. The number of likely N-dealkylation sites (tertiary alicyclic amines) is 1. The quantitative estimate of drug-likeness (QED) is 0.822. The molecule has 1 N–H and O–H groups in total. The Morgan fingerprint density at radius 3 is 2.96 bits per heavy atom. The third kappa shape index (κ3) is 3.76. The van der Waals surface area contributed by atoms with E-state index in [1.807, 2.05) is 35.0 Å². The van der Waals surface area contributed by atoms with Gasteiger partial charge in [0.1, 0.15) is 0 Å². The molecule has 0 aliphatic carbocycles. The van der Waals surface area contributed by atoms with Crippen LogP contribution in [0.4, 0.5) is 0 Å². The summed E-state index contributed by atoms with van der Waals surface area (Å²) in [6.45, 7) is 3.59. The van der Waals surface area contributed by atoms with Crippen molar-refractivity contribution in [1.29, 1.82) is 5.26 Å². The van der Waals surface area contributed by atoms with Crippen molar-refractivity contribution in [3.05, 3.63) is 36.0 Å². The molecule has 0 amide bonds. The molecule has 1 aliphatic rings. The van der Waals surface area contributed by atoms with Crippen molar-refractivity contribution in [2.45, 2.75) is 51.3 Å². The van der Waals surface area contributed by atoms with E-state index in [0.717, 1.165) is 36.7 Å². The van der Waals surface area contributed by atoms with E-state index in [1.54, 1.807) is 6.92 Å². The predicted octanol–water partition coefficient (Wildman–Crippen LogP) is 2.97. The summed E-state index contributed by atoms with van der Waals surface area (Å²) in [4.78, 5) is 15.1. The molecule has 1 saturated heterocycles. The maximum atomic E-state index is 13.0. The van der Waals surface area contributed by atoms with Gasteiger partial charge in [0.25, 0.3) is 0 Å². The van der Waals surface area contributed by atoms with Crippen LogP contribution in [0.1, 0.15) is 43.0 Å². The molecular formula is C20H25N3O2. The van der Waals surface area contributed by atoms with Crippen molar-refractivity contribution in [2.75, 3.05) is 13.1 Å². The number of nitrogens with zero attached hydrogens (tertiary/aromatic N) is 3. The molecule has 3 rings (SSSR count). The molecule has 1 aliphatic heterocycles. The number of fused-ring (bicyclic) bond motifs is 1. The molecule has 2 atom stereocenters. The van der Waals surface area contributed by atoms with Gasteiger partial charge in [-0.3, -0.25) is 9.69 Å². The third-order valence-corrected chi connectivity index (χ3v) is 5.12. The number of para-hydroxylation sites is 1. The minimum absolute atomic E-state index is 0.0599. The Morgan fingerprint density at radius 1 is 1.40 bits per heavy atom. The van der Waals surface area contributed by atoms with Crippen LogP contribution in [0.3, 0.4) is 0 Å². The first-order chi connectivity index (χ1) is 12.1. The zero-order chi connectivity index (χ0) is 17.8. The van der Waals surface area contributed by atoms with Crippen LogP contribution in [-0.2, 0) is 6.54 Å². The van der Waals surface area contributed by atoms with Crippen LogP contribution >= 0.6 is 0 Å². The molecule has 1 aromatic heterocycles. The maximum absolute atomic E-state index is 13.0. The number of carbonyl (C=O) groups is 1. The standard InChI is InChI=1S/C20H25N3O2/c1-15(24)18-8-4-5-11-23(18)14-20(25)17-13-22(12-6-10-21)19-9-3-2-7-16(17)19/h2-3,7,9,13,15,18,24H,4-6,8,11-12,14H2,1H3. The average Bonchev–Trinajstić information content (AvgIpc) is 2.99. The Morgan fingerprint density at radius 2 is 2.20 bits per heavy atom. The number of hydrogen-bond acceptors (Lipinski definition) is 4. The Kier molecular flexibility index (Phi) is 5.52. The van der Waals surface area contributed by atoms with Crippen LogP contribution in [0, 0.1) is 11.3 Å². The SMILES string of the molecule is CC(O)C1CCCCN1CC(=O)c1cn(CCC#N)c2ccccc12. The van der Waals surface area contributed by atoms with Gasteiger partial charge in [-0.1, -0.05) is 24.6 Å². The number of aryl methyl sites for hydroxylation is 1. The van der Waals surface area contributed by atoms with E-state index in [1.165, 1.54) is 0 Å². The van der Waals surface area contributed by atoms with E-state index < -0.39 is 6.10 Å². The number of carbonyl (C=O) groups excluding carboxylic acids is 1. The molecule has 2 unspecified atom stereocenters. The van der Waals surface area contributed by atoms with Crippen LogP contribution in [0.5, 0.6) is 0 Å². The van der Waals surface area contributed by atoms with Crippen molar-refractivity contribution < 1.29 is 9.90 Å². The number of hydrogen-bond donors (Lipinski definition) is 1.